The van der Waals surface area contributed by atoms with Crippen LogP contribution >= 0.6 is 0 Å². The minimum absolute atomic E-state index is 0.119. The molecule has 0 aromatic heterocycles. The van der Waals surface area contributed by atoms with Crippen molar-refractivity contribution >= 4 is 5.97 Å². The van der Waals surface area contributed by atoms with Crippen molar-refractivity contribution in [2.45, 2.75) is 39.0 Å². The van der Waals surface area contributed by atoms with E-state index in [2.05, 4.69) is 0 Å². The highest BCUT2D eigenvalue weighted by Crippen LogP contribution is 2.56. The third kappa shape index (κ3) is 2.40. The first-order valence-electron chi connectivity index (χ1n) is 7.70. The van der Waals surface area contributed by atoms with E-state index in [1.54, 1.807) is 13.0 Å². The van der Waals surface area contributed by atoms with Crippen molar-refractivity contribution in [3.63, 3.8) is 0 Å². The molecule has 106 valence electrons. The maximum Gasteiger partial charge on any atom is 0.348 e. The van der Waals surface area contributed by atoms with Crippen molar-refractivity contribution in [1.82, 2.24) is 0 Å². The van der Waals surface area contributed by atoms with Gasteiger partial charge in [0.1, 0.15) is 11.6 Å². The highest BCUT2D eigenvalue weighted by molar-refractivity contribution is 5.93. The summed E-state index contributed by atoms with van der Waals surface area (Å²) in [5.74, 6) is 2.75. The predicted octanol–water partition coefficient (Wildman–Crippen LogP) is 3.38. The van der Waals surface area contributed by atoms with Gasteiger partial charge in [-0.1, -0.05) is 11.6 Å². The predicted molar refractivity (Wildman–Crippen MR) is 75.5 cm³/mol. The van der Waals surface area contributed by atoms with Gasteiger partial charge in [0.15, 0.2) is 0 Å². The zero-order valence-corrected chi connectivity index (χ0v) is 12.0. The van der Waals surface area contributed by atoms with E-state index in [4.69, 9.17) is 10.00 Å². The second-order valence-electron chi connectivity index (χ2n) is 6.38. The summed E-state index contributed by atoms with van der Waals surface area (Å²) in [4.78, 5) is 11.6. The summed E-state index contributed by atoms with van der Waals surface area (Å²) < 4.78 is 4.89. The van der Waals surface area contributed by atoms with Gasteiger partial charge in [0.2, 0.25) is 0 Å². The van der Waals surface area contributed by atoms with Gasteiger partial charge in [-0.25, -0.2) is 4.79 Å². The lowest BCUT2D eigenvalue weighted by molar-refractivity contribution is -0.138. The van der Waals surface area contributed by atoms with Crippen molar-refractivity contribution in [3.8, 4) is 6.07 Å². The first kappa shape index (κ1) is 13.4. The number of nitrogens with zero attached hydrogens (tertiary/aromatic N) is 1. The molecule has 4 aliphatic carbocycles. The Morgan fingerprint density at radius 2 is 1.85 bits per heavy atom. The normalized spacial score (nSPS) is 34.8. The van der Waals surface area contributed by atoms with E-state index < -0.39 is 5.97 Å². The Hall–Kier alpha value is -1.56. The number of esters is 1. The molecule has 0 saturated heterocycles. The van der Waals surface area contributed by atoms with E-state index in [0.717, 1.165) is 11.8 Å². The van der Waals surface area contributed by atoms with Crippen LogP contribution in [0.4, 0.5) is 0 Å². The highest BCUT2D eigenvalue weighted by Gasteiger charge is 2.44. The summed E-state index contributed by atoms with van der Waals surface area (Å²) in [6.07, 6.45) is 10.4. The van der Waals surface area contributed by atoms with Gasteiger partial charge in [0, 0.05) is 0 Å². The second-order valence-corrected chi connectivity index (χ2v) is 6.38. The Morgan fingerprint density at radius 1 is 1.25 bits per heavy atom. The number of carbonyl (C=O) groups is 1. The third-order valence-electron chi connectivity index (χ3n) is 5.14. The molecular formula is C17H21NO2. The van der Waals surface area contributed by atoms with Gasteiger partial charge in [-0.15, -0.1) is 0 Å². The van der Waals surface area contributed by atoms with E-state index in [0.29, 0.717) is 18.4 Å². The summed E-state index contributed by atoms with van der Waals surface area (Å²) in [5.41, 5.74) is 1.60. The molecule has 0 heterocycles. The largest absolute Gasteiger partial charge is 0.462 e. The molecule has 0 radical (unpaired) electrons. The van der Waals surface area contributed by atoms with Gasteiger partial charge in [-0.3, -0.25) is 0 Å². The zero-order chi connectivity index (χ0) is 14.1. The van der Waals surface area contributed by atoms with Crippen molar-refractivity contribution in [2.75, 3.05) is 6.61 Å². The smallest absolute Gasteiger partial charge is 0.348 e. The molecule has 0 N–H and O–H groups in total. The second kappa shape index (κ2) is 5.44. The summed E-state index contributed by atoms with van der Waals surface area (Å²) >= 11 is 0. The molecule has 0 aromatic carbocycles. The number of allylic oxidation sites excluding steroid dienone is 3. The molecule has 3 heteroatoms. The lowest BCUT2D eigenvalue weighted by atomic mass is 9.54. The molecule has 4 saturated carbocycles. The van der Waals surface area contributed by atoms with Crippen molar-refractivity contribution in [2.24, 2.45) is 23.7 Å². The van der Waals surface area contributed by atoms with Crippen LogP contribution in [0.2, 0.25) is 0 Å². The van der Waals surface area contributed by atoms with E-state index in [-0.39, 0.29) is 5.57 Å². The molecule has 4 rings (SSSR count). The Kier molecular flexibility index (Phi) is 3.65. The fourth-order valence-electron chi connectivity index (χ4n) is 4.54. The lowest BCUT2D eigenvalue weighted by Gasteiger charge is -2.51. The van der Waals surface area contributed by atoms with Crippen LogP contribution in [0.15, 0.2) is 23.3 Å². The number of ether oxygens (including phenoxy) is 1. The molecule has 3 nitrogen and oxygen atoms in total. The topological polar surface area (TPSA) is 50.1 Å². The van der Waals surface area contributed by atoms with E-state index in [9.17, 15) is 4.79 Å². The van der Waals surface area contributed by atoms with Gasteiger partial charge in [0.05, 0.1) is 6.61 Å². The Morgan fingerprint density at radius 3 is 2.35 bits per heavy atom. The van der Waals surface area contributed by atoms with Crippen LogP contribution in [0, 0.1) is 35.0 Å². The number of nitriles is 1. The van der Waals surface area contributed by atoms with Gasteiger partial charge in [-0.2, -0.15) is 5.26 Å². The minimum Gasteiger partial charge on any atom is -0.462 e. The molecule has 0 amide bonds. The molecule has 0 unspecified atom stereocenters. The Balaban J connectivity index is 1.78. The van der Waals surface area contributed by atoms with Crippen molar-refractivity contribution in [3.05, 3.63) is 23.3 Å². The Bertz CT molecular complexity index is 480. The average molecular weight is 271 g/mol. The molecule has 0 aliphatic heterocycles. The van der Waals surface area contributed by atoms with E-state index >= 15 is 0 Å². The number of hydrogen-bond donors (Lipinski definition) is 0. The minimum atomic E-state index is -0.504. The van der Waals surface area contributed by atoms with Gasteiger partial charge in [0.25, 0.3) is 0 Å². The molecular weight excluding hydrogens is 250 g/mol. The summed E-state index contributed by atoms with van der Waals surface area (Å²) in [6.45, 7) is 2.06. The molecule has 0 atom stereocenters. The summed E-state index contributed by atoms with van der Waals surface area (Å²) in [5, 5.41) is 9.06. The number of rotatable bonds is 3. The van der Waals surface area contributed by atoms with Crippen LogP contribution in [0.3, 0.4) is 0 Å². The number of carbonyl (C=O) groups excluding carboxylic acids is 1. The van der Waals surface area contributed by atoms with Crippen LogP contribution < -0.4 is 0 Å². The van der Waals surface area contributed by atoms with Gasteiger partial charge in [-0.05, 0) is 68.8 Å². The highest BCUT2D eigenvalue weighted by atomic mass is 16.5. The lowest BCUT2D eigenvalue weighted by Crippen LogP contribution is -2.40. The van der Waals surface area contributed by atoms with Crippen molar-refractivity contribution in [1.29, 1.82) is 5.26 Å². The zero-order valence-electron chi connectivity index (χ0n) is 12.0. The fraction of sp³-hybridized carbons (Fsp3) is 0.647. The Labute approximate surface area is 120 Å². The van der Waals surface area contributed by atoms with Crippen LogP contribution in [-0.4, -0.2) is 12.6 Å². The van der Waals surface area contributed by atoms with E-state index in [1.807, 2.05) is 12.1 Å². The standard InChI is InChI=1S/C17H21NO2/c1-2-20-17(19)13(10-18)3-4-16-14-6-11-5-12(8-14)9-15(16)7-11/h3-4,11-12,14-15H,2,5-9H2,1H3/b13-3+,16-4?. The van der Waals surface area contributed by atoms with Crippen molar-refractivity contribution < 1.29 is 9.53 Å². The van der Waals surface area contributed by atoms with Crippen LogP contribution in [-0.2, 0) is 9.53 Å². The van der Waals surface area contributed by atoms with Gasteiger partial charge < -0.3 is 4.74 Å². The molecule has 0 spiro atoms. The van der Waals surface area contributed by atoms with Crippen LogP contribution in [0.25, 0.3) is 0 Å². The molecule has 4 aliphatic rings. The van der Waals surface area contributed by atoms with Crippen LogP contribution in [0.1, 0.15) is 39.0 Å². The molecule has 4 bridgehead atoms. The maximum atomic E-state index is 11.6. The van der Waals surface area contributed by atoms with Crippen LogP contribution in [0.5, 0.6) is 0 Å². The molecule has 4 fully saturated rings. The van der Waals surface area contributed by atoms with Gasteiger partial charge >= 0.3 is 5.97 Å². The quantitative estimate of drug-likeness (QED) is 0.449. The maximum absolute atomic E-state index is 11.6. The average Bonchev–Trinajstić information content (AvgIpc) is 2.41. The molecule has 0 aromatic rings. The third-order valence-corrected chi connectivity index (χ3v) is 5.14. The SMILES string of the molecule is CCOC(=O)/C(C#N)=C/C=C1C2CC3CC(C2)CC1C3. The first-order valence-corrected chi connectivity index (χ1v) is 7.70. The van der Waals surface area contributed by atoms with E-state index in [1.165, 1.54) is 37.7 Å². The number of hydrogen-bond acceptors (Lipinski definition) is 3. The molecule has 20 heavy (non-hydrogen) atoms. The fourth-order valence-corrected chi connectivity index (χ4v) is 4.54. The monoisotopic (exact) mass is 271 g/mol. The summed E-state index contributed by atoms with van der Waals surface area (Å²) in [6, 6.07) is 1.95. The summed E-state index contributed by atoms with van der Waals surface area (Å²) in [7, 11) is 0. The first-order chi connectivity index (χ1) is 9.71.